The zero-order chi connectivity index (χ0) is 13.1. The molecular weight excluding hydrogens is 258 g/mol. The predicted molar refractivity (Wildman–Crippen MR) is 71.1 cm³/mol. The summed E-state index contributed by atoms with van der Waals surface area (Å²) >= 11 is 1.49. The van der Waals surface area contributed by atoms with Gasteiger partial charge in [0.05, 0.1) is 4.75 Å². The van der Waals surface area contributed by atoms with Crippen molar-refractivity contribution in [3.63, 3.8) is 0 Å². The van der Waals surface area contributed by atoms with E-state index in [9.17, 15) is 13.5 Å². The topological polar surface area (TPSA) is 66.4 Å². The smallest absolute Gasteiger partial charge is 0.153 e. The minimum atomic E-state index is -3.10. The molecule has 1 atom stereocenters. The van der Waals surface area contributed by atoms with Crippen molar-refractivity contribution in [2.75, 3.05) is 19.3 Å². The third-order valence-corrected chi connectivity index (χ3v) is 5.89. The molecule has 0 saturated carbocycles. The molecule has 0 fully saturated rings. The van der Waals surface area contributed by atoms with E-state index >= 15 is 0 Å². The van der Waals surface area contributed by atoms with Gasteiger partial charge in [-0.25, -0.2) is 8.42 Å². The highest BCUT2D eigenvalue weighted by Crippen LogP contribution is 2.18. The molecule has 2 N–H and O–H groups in total. The molecule has 98 valence electrons. The Morgan fingerprint density at radius 2 is 2.18 bits per heavy atom. The molecule has 1 rings (SSSR count). The second kappa shape index (κ2) is 5.48. The minimum Gasteiger partial charge on any atom is -0.386 e. The van der Waals surface area contributed by atoms with Crippen LogP contribution in [0, 0.1) is 0 Å². The highest BCUT2D eigenvalue weighted by molar-refractivity contribution is 7.92. The highest BCUT2D eigenvalue weighted by Gasteiger charge is 2.29. The summed E-state index contributed by atoms with van der Waals surface area (Å²) in [6.07, 6.45) is 0.648. The monoisotopic (exact) mass is 277 g/mol. The van der Waals surface area contributed by atoms with Gasteiger partial charge < -0.3 is 10.4 Å². The third kappa shape index (κ3) is 4.06. The van der Waals surface area contributed by atoms with Crippen LogP contribution < -0.4 is 5.32 Å². The highest BCUT2D eigenvalue weighted by atomic mass is 32.2. The van der Waals surface area contributed by atoms with Gasteiger partial charge in [-0.1, -0.05) is 6.07 Å². The van der Waals surface area contributed by atoms with E-state index in [2.05, 4.69) is 5.32 Å². The Morgan fingerprint density at radius 3 is 2.65 bits per heavy atom. The van der Waals surface area contributed by atoms with Crippen molar-refractivity contribution in [2.45, 2.75) is 24.7 Å². The molecule has 0 aliphatic heterocycles. The van der Waals surface area contributed by atoms with Gasteiger partial charge in [-0.2, -0.15) is 0 Å². The lowest BCUT2D eigenvalue weighted by molar-refractivity contribution is 0.177. The number of hydrogen-bond acceptors (Lipinski definition) is 5. The largest absolute Gasteiger partial charge is 0.386 e. The fourth-order valence-electron chi connectivity index (χ4n) is 1.22. The zero-order valence-electron chi connectivity index (χ0n) is 10.3. The summed E-state index contributed by atoms with van der Waals surface area (Å²) in [5.41, 5.74) is 0. The van der Waals surface area contributed by atoms with Gasteiger partial charge in [0, 0.05) is 24.2 Å². The molecule has 4 nitrogen and oxygen atoms in total. The van der Waals surface area contributed by atoms with Crippen LogP contribution in [-0.4, -0.2) is 37.6 Å². The standard InChI is InChI=1S/C11H19NO3S2/c1-11(2,17(3,14)15)8-12-7-9(13)10-5-4-6-16-10/h4-6,9,12-13H,7-8H2,1-3H3. The first-order chi connectivity index (χ1) is 7.74. The number of thiophene rings is 1. The lowest BCUT2D eigenvalue weighted by Gasteiger charge is -2.23. The van der Waals surface area contributed by atoms with Gasteiger partial charge in [0.2, 0.25) is 0 Å². The number of rotatable bonds is 6. The molecule has 1 unspecified atom stereocenters. The molecule has 0 aliphatic rings. The van der Waals surface area contributed by atoms with Crippen molar-refractivity contribution in [3.05, 3.63) is 22.4 Å². The third-order valence-electron chi connectivity index (χ3n) is 2.76. The summed E-state index contributed by atoms with van der Waals surface area (Å²) in [6, 6.07) is 3.74. The van der Waals surface area contributed by atoms with Crippen LogP contribution in [-0.2, 0) is 9.84 Å². The summed E-state index contributed by atoms with van der Waals surface area (Å²) in [7, 11) is -3.10. The molecule has 6 heteroatoms. The number of hydrogen-bond donors (Lipinski definition) is 2. The van der Waals surface area contributed by atoms with Gasteiger partial charge >= 0.3 is 0 Å². The molecule has 0 spiro atoms. The molecule has 0 radical (unpaired) electrons. The van der Waals surface area contributed by atoms with Crippen LogP contribution in [0.15, 0.2) is 17.5 Å². The molecule has 1 aromatic heterocycles. The molecule has 17 heavy (non-hydrogen) atoms. The maximum atomic E-state index is 11.5. The Bertz CT molecular complexity index is 437. The van der Waals surface area contributed by atoms with Crippen molar-refractivity contribution in [3.8, 4) is 0 Å². The molecule has 0 amide bonds. The van der Waals surface area contributed by atoms with Crippen molar-refractivity contribution in [2.24, 2.45) is 0 Å². The van der Waals surface area contributed by atoms with Crippen LogP contribution in [0.5, 0.6) is 0 Å². The molecule has 0 saturated heterocycles. The first-order valence-corrected chi connectivity index (χ1v) is 8.13. The van der Waals surface area contributed by atoms with Crippen molar-refractivity contribution in [1.82, 2.24) is 5.32 Å². The summed E-state index contributed by atoms with van der Waals surface area (Å²) in [4.78, 5) is 0.884. The fraction of sp³-hybridized carbons (Fsp3) is 0.636. The SMILES string of the molecule is CC(C)(CNCC(O)c1cccs1)S(C)(=O)=O. The quantitative estimate of drug-likeness (QED) is 0.820. The predicted octanol–water partition coefficient (Wildman–Crippen LogP) is 1.19. The van der Waals surface area contributed by atoms with E-state index in [0.29, 0.717) is 13.1 Å². The number of aliphatic hydroxyl groups is 1. The van der Waals surface area contributed by atoms with Gasteiger partial charge in [-0.3, -0.25) is 0 Å². The number of sulfone groups is 1. The average Bonchev–Trinajstić information content (AvgIpc) is 2.67. The van der Waals surface area contributed by atoms with E-state index in [-0.39, 0.29) is 0 Å². The lowest BCUT2D eigenvalue weighted by atomic mass is 10.2. The number of nitrogens with one attached hydrogen (secondary N) is 1. The van der Waals surface area contributed by atoms with Gasteiger partial charge in [0.15, 0.2) is 9.84 Å². The van der Waals surface area contributed by atoms with E-state index in [1.165, 1.54) is 17.6 Å². The van der Waals surface area contributed by atoms with Gasteiger partial charge in [0.1, 0.15) is 6.10 Å². The van der Waals surface area contributed by atoms with Crippen molar-refractivity contribution < 1.29 is 13.5 Å². The fourth-order valence-corrected chi connectivity index (χ4v) is 2.30. The Labute approximate surface area is 107 Å². The van der Waals surface area contributed by atoms with E-state index in [4.69, 9.17) is 0 Å². The molecule has 0 aromatic carbocycles. The first-order valence-electron chi connectivity index (χ1n) is 5.36. The van der Waals surface area contributed by atoms with Crippen LogP contribution in [0.1, 0.15) is 24.8 Å². The Morgan fingerprint density at radius 1 is 1.53 bits per heavy atom. The maximum absolute atomic E-state index is 11.5. The molecule has 1 aromatic rings. The molecular formula is C11H19NO3S2. The summed E-state index contributed by atoms with van der Waals surface area (Å²) in [5, 5.41) is 14.7. The van der Waals surface area contributed by atoms with E-state index in [1.54, 1.807) is 13.8 Å². The molecule has 1 heterocycles. The number of aliphatic hydroxyl groups excluding tert-OH is 1. The van der Waals surface area contributed by atoms with Crippen LogP contribution in [0.4, 0.5) is 0 Å². The molecule has 0 aliphatic carbocycles. The normalized spacial score (nSPS) is 14.8. The Balaban J connectivity index is 2.44. The second-order valence-electron chi connectivity index (χ2n) is 4.69. The van der Waals surface area contributed by atoms with Crippen LogP contribution in [0.25, 0.3) is 0 Å². The van der Waals surface area contributed by atoms with Crippen LogP contribution >= 0.6 is 11.3 Å². The Kier molecular flexibility index (Phi) is 4.71. The minimum absolute atomic E-state index is 0.328. The van der Waals surface area contributed by atoms with Gasteiger partial charge in [0.25, 0.3) is 0 Å². The summed E-state index contributed by atoms with van der Waals surface area (Å²) in [5.74, 6) is 0. The molecule has 0 bridgehead atoms. The first kappa shape index (κ1) is 14.6. The second-order valence-corrected chi connectivity index (χ2v) is 8.32. The van der Waals surface area contributed by atoms with Crippen LogP contribution in [0.3, 0.4) is 0 Å². The summed E-state index contributed by atoms with van der Waals surface area (Å²) < 4.78 is 22.1. The summed E-state index contributed by atoms with van der Waals surface area (Å²) in [6.45, 7) is 4.04. The van der Waals surface area contributed by atoms with Crippen molar-refractivity contribution >= 4 is 21.2 Å². The van der Waals surface area contributed by atoms with E-state index < -0.39 is 20.7 Å². The Hall–Kier alpha value is -0.430. The van der Waals surface area contributed by atoms with Crippen molar-refractivity contribution in [1.29, 1.82) is 0 Å². The van der Waals surface area contributed by atoms with E-state index in [1.807, 2.05) is 17.5 Å². The average molecular weight is 277 g/mol. The maximum Gasteiger partial charge on any atom is 0.153 e. The van der Waals surface area contributed by atoms with Crippen LogP contribution in [0.2, 0.25) is 0 Å². The zero-order valence-corrected chi connectivity index (χ0v) is 11.9. The van der Waals surface area contributed by atoms with Gasteiger partial charge in [-0.05, 0) is 25.3 Å². The van der Waals surface area contributed by atoms with E-state index in [0.717, 1.165) is 4.88 Å². The van der Waals surface area contributed by atoms with Gasteiger partial charge in [-0.15, -0.1) is 11.3 Å². The lowest BCUT2D eigenvalue weighted by Crippen LogP contribution is -2.42.